The first-order valence-electron chi connectivity index (χ1n) is 11.0. The van der Waals surface area contributed by atoms with Crippen molar-refractivity contribution in [2.75, 3.05) is 19.6 Å². The first-order valence-corrected chi connectivity index (χ1v) is 11.0. The average molecular weight is 397 g/mol. The fourth-order valence-corrected chi connectivity index (χ4v) is 5.04. The molecule has 2 bridgehead atoms. The van der Waals surface area contributed by atoms with Crippen molar-refractivity contribution in [3.63, 3.8) is 0 Å². The molecule has 4 unspecified atom stereocenters. The molecule has 4 atom stereocenters. The molecule has 0 radical (unpaired) electrons. The van der Waals surface area contributed by atoms with Gasteiger partial charge in [-0.05, 0) is 63.3 Å². The molecule has 0 aromatic carbocycles. The second-order valence-electron chi connectivity index (χ2n) is 8.50. The van der Waals surface area contributed by atoms with E-state index < -0.39 is 0 Å². The normalized spacial score (nSPS) is 26.1. The maximum Gasteiger partial charge on any atom is 0.223 e. The van der Waals surface area contributed by atoms with E-state index in [0.717, 1.165) is 61.9 Å². The first-order chi connectivity index (χ1) is 14.1. The molecule has 3 fully saturated rings. The third-order valence-electron chi connectivity index (χ3n) is 6.76. The van der Waals surface area contributed by atoms with Crippen molar-refractivity contribution in [1.82, 2.24) is 20.2 Å². The van der Waals surface area contributed by atoms with Gasteiger partial charge >= 0.3 is 0 Å². The maximum atomic E-state index is 12.4. The highest BCUT2D eigenvalue weighted by atomic mass is 16.3. The van der Waals surface area contributed by atoms with E-state index in [0.29, 0.717) is 17.9 Å². The zero-order valence-electron chi connectivity index (χ0n) is 17.7. The summed E-state index contributed by atoms with van der Waals surface area (Å²) in [6.45, 7) is 9.01. The van der Waals surface area contributed by atoms with Crippen molar-refractivity contribution in [2.24, 2.45) is 11.8 Å². The Hall–Kier alpha value is -2.21. The Morgan fingerprint density at radius 2 is 2.17 bits per heavy atom. The van der Waals surface area contributed by atoms with Crippen LogP contribution in [0.15, 0.2) is 28.9 Å². The Labute approximate surface area is 173 Å². The number of amides is 1. The van der Waals surface area contributed by atoms with Crippen molar-refractivity contribution in [3.8, 4) is 11.5 Å². The lowest BCUT2D eigenvalue weighted by Crippen LogP contribution is -2.56. The number of carbonyl (C=O) groups is 1. The molecule has 156 valence electrons. The Morgan fingerprint density at radius 3 is 2.83 bits per heavy atom. The quantitative estimate of drug-likeness (QED) is 0.771. The molecular formula is C23H32N4O2. The number of aromatic nitrogens is 2. The third kappa shape index (κ3) is 4.22. The van der Waals surface area contributed by atoms with Gasteiger partial charge in [0.25, 0.3) is 0 Å². The zero-order chi connectivity index (χ0) is 20.4. The van der Waals surface area contributed by atoms with Gasteiger partial charge < -0.3 is 9.73 Å². The molecule has 0 saturated carbocycles. The van der Waals surface area contributed by atoms with Gasteiger partial charge in [0, 0.05) is 36.7 Å². The number of piperidine rings is 3. The molecule has 1 N–H and O–H groups in total. The number of hydrogen-bond acceptors (Lipinski definition) is 5. The smallest absolute Gasteiger partial charge is 0.223 e. The summed E-state index contributed by atoms with van der Waals surface area (Å²) in [5.74, 6) is 2.96. The molecule has 3 saturated heterocycles. The van der Waals surface area contributed by atoms with E-state index in [1.807, 2.05) is 19.1 Å². The summed E-state index contributed by atoms with van der Waals surface area (Å²) in [5, 5.41) is 3.21. The summed E-state index contributed by atoms with van der Waals surface area (Å²) < 4.78 is 5.55. The van der Waals surface area contributed by atoms with E-state index in [4.69, 9.17) is 9.40 Å². The van der Waals surface area contributed by atoms with Crippen molar-refractivity contribution in [1.29, 1.82) is 0 Å². The van der Waals surface area contributed by atoms with Gasteiger partial charge in [0.15, 0.2) is 5.76 Å². The minimum atomic E-state index is 0.141. The average Bonchev–Trinajstić information content (AvgIpc) is 3.28. The Kier molecular flexibility index (Phi) is 5.99. The molecular weight excluding hydrogens is 364 g/mol. The molecule has 0 aliphatic carbocycles. The number of carbonyl (C=O) groups excluding carboxylic acids is 1. The van der Waals surface area contributed by atoms with Crippen LogP contribution in [0.5, 0.6) is 0 Å². The number of fused-ring (bicyclic) bond motifs is 3. The number of nitrogens with zero attached hydrogens (tertiary/aromatic N) is 3. The summed E-state index contributed by atoms with van der Waals surface area (Å²) in [6, 6.07) is 6.38. The number of furan rings is 1. The van der Waals surface area contributed by atoms with Crippen LogP contribution in [-0.2, 0) is 4.79 Å². The SMILES string of the molecule is CCC(CC)C(=O)NCC1CC2CCN1CC2c1cc(-c2ccco2)nc(C)n1. The lowest BCUT2D eigenvalue weighted by molar-refractivity contribution is -0.125. The summed E-state index contributed by atoms with van der Waals surface area (Å²) in [5.41, 5.74) is 1.99. The van der Waals surface area contributed by atoms with E-state index in [1.54, 1.807) is 6.26 Å². The van der Waals surface area contributed by atoms with E-state index in [1.165, 1.54) is 6.42 Å². The minimum absolute atomic E-state index is 0.141. The highest BCUT2D eigenvalue weighted by Gasteiger charge is 2.41. The van der Waals surface area contributed by atoms with Crippen LogP contribution < -0.4 is 5.32 Å². The number of hydrogen-bond donors (Lipinski definition) is 1. The predicted octanol–water partition coefficient (Wildman–Crippen LogP) is 3.78. The third-order valence-corrected chi connectivity index (χ3v) is 6.76. The van der Waals surface area contributed by atoms with Gasteiger partial charge in [-0.1, -0.05) is 13.8 Å². The lowest BCUT2D eigenvalue weighted by Gasteiger charge is -2.49. The van der Waals surface area contributed by atoms with Gasteiger partial charge in [-0.2, -0.15) is 0 Å². The van der Waals surface area contributed by atoms with Crippen LogP contribution in [0.25, 0.3) is 11.5 Å². The molecule has 1 amide bonds. The van der Waals surface area contributed by atoms with E-state index in [9.17, 15) is 4.79 Å². The number of aryl methyl sites for hydroxylation is 1. The monoisotopic (exact) mass is 396 g/mol. The van der Waals surface area contributed by atoms with Crippen molar-refractivity contribution in [2.45, 2.75) is 58.4 Å². The highest BCUT2D eigenvalue weighted by Crippen LogP contribution is 2.41. The van der Waals surface area contributed by atoms with Gasteiger partial charge in [0.2, 0.25) is 5.91 Å². The van der Waals surface area contributed by atoms with Gasteiger partial charge in [-0.15, -0.1) is 0 Å². The highest BCUT2D eigenvalue weighted by molar-refractivity contribution is 5.78. The van der Waals surface area contributed by atoms with Gasteiger partial charge in [-0.25, -0.2) is 9.97 Å². The Bertz CT molecular complexity index is 831. The molecule has 2 aromatic rings. The van der Waals surface area contributed by atoms with Crippen molar-refractivity contribution >= 4 is 5.91 Å². The second-order valence-corrected chi connectivity index (χ2v) is 8.50. The van der Waals surface area contributed by atoms with Crippen LogP contribution >= 0.6 is 0 Å². The lowest BCUT2D eigenvalue weighted by atomic mass is 9.74. The molecule has 6 heteroatoms. The summed E-state index contributed by atoms with van der Waals surface area (Å²) >= 11 is 0. The molecule has 5 rings (SSSR count). The fourth-order valence-electron chi connectivity index (χ4n) is 5.04. The molecule has 0 spiro atoms. The van der Waals surface area contributed by atoms with E-state index in [-0.39, 0.29) is 11.8 Å². The minimum Gasteiger partial charge on any atom is -0.463 e. The predicted molar refractivity (Wildman–Crippen MR) is 112 cm³/mol. The van der Waals surface area contributed by atoms with Gasteiger partial charge in [0.1, 0.15) is 11.5 Å². The zero-order valence-corrected chi connectivity index (χ0v) is 17.7. The van der Waals surface area contributed by atoms with Crippen molar-refractivity contribution < 1.29 is 9.21 Å². The summed E-state index contributed by atoms with van der Waals surface area (Å²) in [4.78, 5) is 24.3. The molecule has 5 heterocycles. The molecule has 3 aliphatic rings. The number of rotatable bonds is 7. The molecule has 6 nitrogen and oxygen atoms in total. The van der Waals surface area contributed by atoms with E-state index in [2.05, 4.69) is 35.1 Å². The Balaban J connectivity index is 1.44. The number of nitrogens with one attached hydrogen (secondary N) is 1. The van der Waals surface area contributed by atoms with Crippen LogP contribution in [0.3, 0.4) is 0 Å². The van der Waals surface area contributed by atoms with Crippen molar-refractivity contribution in [3.05, 3.63) is 36.0 Å². The largest absolute Gasteiger partial charge is 0.463 e. The molecule has 2 aromatic heterocycles. The Morgan fingerprint density at radius 1 is 1.34 bits per heavy atom. The van der Waals surface area contributed by atoms with Crippen LogP contribution in [0, 0.1) is 18.8 Å². The van der Waals surface area contributed by atoms with Crippen LogP contribution in [0.4, 0.5) is 0 Å². The summed E-state index contributed by atoms with van der Waals surface area (Å²) in [7, 11) is 0. The molecule has 29 heavy (non-hydrogen) atoms. The summed E-state index contributed by atoms with van der Waals surface area (Å²) in [6.07, 6.45) is 5.81. The fraction of sp³-hybridized carbons (Fsp3) is 0.609. The first kappa shape index (κ1) is 20.1. The van der Waals surface area contributed by atoms with Crippen LogP contribution in [0.1, 0.15) is 57.0 Å². The van der Waals surface area contributed by atoms with E-state index >= 15 is 0 Å². The maximum absolute atomic E-state index is 12.4. The van der Waals surface area contributed by atoms with Crippen LogP contribution in [0.2, 0.25) is 0 Å². The van der Waals surface area contributed by atoms with Gasteiger partial charge in [0.05, 0.1) is 6.26 Å². The van der Waals surface area contributed by atoms with Crippen LogP contribution in [-0.4, -0.2) is 46.5 Å². The second kappa shape index (κ2) is 8.66. The molecule has 3 aliphatic heterocycles. The standard InChI is InChI=1S/C23H32N4O2/c1-4-16(5-2)23(28)24-13-18-11-17-8-9-27(18)14-19(17)20-12-21(26-15(3)25-20)22-7-6-10-29-22/h6-7,10,12,16-19H,4-5,8-9,11,13-14H2,1-3H3,(H,24,28). The van der Waals surface area contributed by atoms with Gasteiger partial charge in [-0.3, -0.25) is 9.69 Å². The topological polar surface area (TPSA) is 71.3 Å².